The van der Waals surface area contributed by atoms with Crippen LogP contribution in [0.3, 0.4) is 0 Å². The Morgan fingerprint density at radius 1 is 0.903 bits per heavy atom. The van der Waals surface area contributed by atoms with E-state index in [1.807, 2.05) is 6.20 Å². The van der Waals surface area contributed by atoms with E-state index in [9.17, 15) is 13.2 Å². The molecule has 0 amide bonds. The van der Waals surface area contributed by atoms with E-state index in [1.54, 1.807) is 12.1 Å². The van der Waals surface area contributed by atoms with Crippen molar-refractivity contribution in [1.82, 2.24) is 15.0 Å². The summed E-state index contributed by atoms with van der Waals surface area (Å²) in [7, 11) is 0. The lowest BCUT2D eigenvalue weighted by Gasteiger charge is -2.29. The summed E-state index contributed by atoms with van der Waals surface area (Å²) in [6.45, 7) is 0. The second kappa shape index (κ2) is 7.08. The van der Waals surface area contributed by atoms with Crippen molar-refractivity contribution in [1.29, 1.82) is 0 Å². The van der Waals surface area contributed by atoms with Crippen molar-refractivity contribution in [3.05, 3.63) is 71.4 Å². The smallest absolute Gasteiger partial charge is 0.161 e. The minimum atomic E-state index is -0.867. The van der Waals surface area contributed by atoms with Crippen LogP contribution in [0.1, 0.15) is 43.0 Å². The number of nitrogens with one attached hydrogen (secondary N) is 1. The lowest BCUT2D eigenvalue weighted by molar-refractivity contribution is 0.289. The number of nitrogens with zero attached hydrogens (tertiary/aromatic N) is 2. The van der Waals surface area contributed by atoms with Crippen molar-refractivity contribution in [2.45, 2.75) is 38.0 Å². The van der Waals surface area contributed by atoms with Gasteiger partial charge in [-0.05, 0) is 79.2 Å². The first kappa shape index (κ1) is 18.8. The van der Waals surface area contributed by atoms with Crippen molar-refractivity contribution in [2.24, 2.45) is 17.8 Å². The maximum absolute atomic E-state index is 13.9. The number of aryl methyl sites for hydroxylation is 1. The van der Waals surface area contributed by atoms with Gasteiger partial charge in [0.25, 0.3) is 0 Å². The zero-order valence-electron chi connectivity index (χ0n) is 16.9. The third kappa shape index (κ3) is 3.20. The molecular weight excluding hydrogens is 399 g/mol. The molecule has 4 aromatic rings. The molecule has 6 heteroatoms. The SMILES string of the molecule is Fc1ccc2nccc(C3CC4CC3CC4CCc3nc4cc(F)c(F)cc4[nH]3)c2c1. The van der Waals surface area contributed by atoms with Gasteiger partial charge in [-0.3, -0.25) is 4.98 Å². The Labute approximate surface area is 177 Å². The van der Waals surface area contributed by atoms with Crippen LogP contribution in [0.5, 0.6) is 0 Å². The average molecular weight is 421 g/mol. The normalized spacial score (nSPS) is 25.1. The van der Waals surface area contributed by atoms with Crippen LogP contribution in [-0.2, 0) is 6.42 Å². The van der Waals surface area contributed by atoms with E-state index in [0.29, 0.717) is 34.7 Å². The Hall–Kier alpha value is -2.89. The Balaban J connectivity index is 1.16. The standard InChI is InChI=1S/C25H22F3N3/c26-16-2-3-22-19(10-16)17(5-6-29-22)18-9-14-8-15(18)7-13(14)1-4-25-30-23-11-20(27)21(28)12-24(23)31-25/h2-3,5-6,10-15,18H,1,4,7-9H2,(H,30,31). The van der Waals surface area contributed by atoms with Gasteiger partial charge in [-0.2, -0.15) is 0 Å². The minimum Gasteiger partial charge on any atom is -0.342 e. The van der Waals surface area contributed by atoms with Gasteiger partial charge in [-0.1, -0.05) is 0 Å². The Bertz CT molecular complexity index is 1260. The molecule has 2 heterocycles. The number of halogens is 3. The van der Waals surface area contributed by atoms with Crippen LogP contribution >= 0.6 is 0 Å². The molecule has 0 spiro atoms. The number of aromatic amines is 1. The van der Waals surface area contributed by atoms with Crippen molar-refractivity contribution in [3.8, 4) is 0 Å². The number of aromatic nitrogens is 3. The first-order valence-electron chi connectivity index (χ1n) is 10.9. The molecule has 4 unspecified atom stereocenters. The van der Waals surface area contributed by atoms with E-state index < -0.39 is 11.6 Å². The molecule has 0 radical (unpaired) electrons. The molecule has 6 rings (SSSR count). The van der Waals surface area contributed by atoms with Crippen LogP contribution in [0.25, 0.3) is 21.9 Å². The van der Waals surface area contributed by atoms with Gasteiger partial charge < -0.3 is 4.98 Å². The van der Waals surface area contributed by atoms with E-state index >= 15 is 0 Å². The summed E-state index contributed by atoms with van der Waals surface area (Å²) in [6, 6.07) is 9.23. The number of rotatable bonds is 4. The maximum atomic E-state index is 13.9. The van der Waals surface area contributed by atoms with E-state index in [2.05, 4.69) is 21.0 Å². The highest BCUT2D eigenvalue weighted by Crippen LogP contribution is 2.57. The number of hydrogen-bond donors (Lipinski definition) is 1. The molecule has 2 aliphatic carbocycles. The highest BCUT2D eigenvalue weighted by atomic mass is 19.2. The molecule has 31 heavy (non-hydrogen) atoms. The topological polar surface area (TPSA) is 41.6 Å². The first-order chi connectivity index (χ1) is 15.0. The predicted octanol–water partition coefficient (Wildman–Crippen LogP) is 6.29. The third-order valence-electron chi connectivity index (χ3n) is 7.47. The molecule has 3 nitrogen and oxygen atoms in total. The molecule has 2 bridgehead atoms. The van der Waals surface area contributed by atoms with Crippen LogP contribution < -0.4 is 0 Å². The number of H-pyrrole nitrogens is 1. The van der Waals surface area contributed by atoms with Crippen molar-refractivity contribution in [2.75, 3.05) is 0 Å². The van der Waals surface area contributed by atoms with Gasteiger partial charge in [0.1, 0.15) is 11.6 Å². The molecule has 4 atom stereocenters. The number of hydrogen-bond acceptors (Lipinski definition) is 2. The zero-order valence-corrected chi connectivity index (χ0v) is 16.9. The van der Waals surface area contributed by atoms with Crippen LogP contribution in [0.2, 0.25) is 0 Å². The Morgan fingerprint density at radius 3 is 2.61 bits per heavy atom. The number of pyridine rings is 1. The largest absolute Gasteiger partial charge is 0.342 e. The quantitative estimate of drug-likeness (QED) is 0.421. The Morgan fingerprint density at radius 2 is 1.77 bits per heavy atom. The Kier molecular flexibility index (Phi) is 4.30. The van der Waals surface area contributed by atoms with Gasteiger partial charge in [0.2, 0.25) is 0 Å². The summed E-state index contributed by atoms with van der Waals surface area (Å²) in [5.41, 5.74) is 3.10. The van der Waals surface area contributed by atoms with Crippen LogP contribution in [0.15, 0.2) is 42.6 Å². The van der Waals surface area contributed by atoms with Crippen LogP contribution in [0, 0.1) is 35.2 Å². The van der Waals surface area contributed by atoms with Gasteiger partial charge in [0, 0.05) is 30.1 Å². The second-order valence-corrected chi connectivity index (χ2v) is 9.16. The lowest BCUT2D eigenvalue weighted by Crippen LogP contribution is -2.17. The molecule has 1 N–H and O–H groups in total. The molecular formula is C25H22F3N3. The van der Waals surface area contributed by atoms with Gasteiger partial charge in [0.15, 0.2) is 11.6 Å². The molecule has 0 saturated heterocycles. The fourth-order valence-electron chi connectivity index (χ4n) is 6.09. The summed E-state index contributed by atoms with van der Waals surface area (Å²) in [5, 5.41) is 0.943. The van der Waals surface area contributed by atoms with Gasteiger partial charge in [-0.25, -0.2) is 18.2 Å². The summed E-state index contributed by atoms with van der Waals surface area (Å²) in [6.07, 6.45) is 7.14. The molecule has 2 fully saturated rings. The van der Waals surface area contributed by atoms with Crippen molar-refractivity contribution in [3.63, 3.8) is 0 Å². The fourth-order valence-corrected chi connectivity index (χ4v) is 6.09. The van der Waals surface area contributed by atoms with Gasteiger partial charge >= 0.3 is 0 Å². The van der Waals surface area contributed by atoms with Crippen LogP contribution in [-0.4, -0.2) is 15.0 Å². The van der Waals surface area contributed by atoms with E-state index in [0.717, 1.165) is 48.5 Å². The molecule has 158 valence electrons. The average Bonchev–Trinajstić information content (AvgIpc) is 3.46. The number of benzene rings is 2. The molecule has 2 aromatic heterocycles. The predicted molar refractivity (Wildman–Crippen MR) is 113 cm³/mol. The molecule has 2 saturated carbocycles. The first-order valence-corrected chi connectivity index (χ1v) is 10.9. The van der Waals surface area contributed by atoms with Crippen LogP contribution in [0.4, 0.5) is 13.2 Å². The van der Waals surface area contributed by atoms with Gasteiger partial charge in [0.05, 0.1) is 16.6 Å². The molecule has 2 aromatic carbocycles. The molecule has 2 aliphatic rings. The van der Waals surface area contributed by atoms with E-state index in [-0.39, 0.29) is 5.82 Å². The summed E-state index contributed by atoms with van der Waals surface area (Å²) in [5.74, 6) is 1.22. The zero-order chi connectivity index (χ0) is 21.1. The number of imidazole rings is 1. The number of fused-ring (bicyclic) bond motifs is 4. The van der Waals surface area contributed by atoms with Gasteiger partial charge in [-0.15, -0.1) is 0 Å². The highest BCUT2D eigenvalue weighted by Gasteiger charge is 2.46. The van der Waals surface area contributed by atoms with E-state index in [1.165, 1.54) is 24.1 Å². The van der Waals surface area contributed by atoms with Crippen molar-refractivity contribution >= 4 is 21.9 Å². The summed E-state index contributed by atoms with van der Waals surface area (Å²) >= 11 is 0. The third-order valence-corrected chi connectivity index (χ3v) is 7.47. The second-order valence-electron chi connectivity index (χ2n) is 9.16. The maximum Gasteiger partial charge on any atom is 0.161 e. The highest BCUT2D eigenvalue weighted by molar-refractivity contribution is 5.82. The molecule has 0 aliphatic heterocycles. The monoisotopic (exact) mass is 421 g/mol. The minimum absolute atomic E-state index is 0.214. The van der Waals surface area contributed by atoms with E-state index in [4.69, 9.17) is 0 Å². The summed E-state index contributed by atoms with van der Waals surface area (Å²) in [4.78, 5) is 12.0. The summed E-state index contributed by atoms with van der Waals surface area (Å²) < 4.78 is 40.7. The van der Waals surface area contributed by atoms with Crippen molar-refractivity contribution < 1.29 is 13.2 Å². The lowest BCUT2D eigenvalue weighted by atomic mass is 9.76. The fraction of sp³-hybridized carbons (Fsp3) is 0.360.